The van der Waals surface area contributed by atoms with Crippen LogP contribution in [0.1, 0.15) is 11.1 Å². The quantitative estimate of drug-likeness (QED) is 0.817. The van der Waals surface area contributed by atoms with Crippen molar-refractivity contribution in [2.24, 2.45) is 0 Å². The molecule has 1 aromatic carbocycles. The lowest BCUT2D eigenvalue weighted by molar-refractivity contribution is 0.0365. The number of benzene rings is 1. The molecule has 0 aliphatic heterocycles. The molecular formula is C13H18N2O2. The van der Waals surface area contributed by atoms with E-state index in [-0.39, 0.29) is 6.10 Å². The van der Waals surface area contributed by atoms with E-state index >= 15 is 0 Å². The fourth-order valence-corrected chi connectivity index (χ4v) is 1.52. The van der Waals surface area contributed by atoms with Crippen LogP contribution in [0, 0.1) is 18.3 Å². The van der Waals surface area contributed by atoms with Gasteiger partial charge in [0.1, 0.15) is 6.07 Å². The van der Waals surface area contributed by atoms with E-state index in [0.717, 1.165) is 11.3 Å². The molecule has 0 heterocycles. The molecule has 1 rings (SSSR count). The van der Waals surface area contributed by atoms with Crippen LogP contribution in [0.5, 0.6) is 0 Å². The maximum Gasteiger partial charge on any atom is 0.101 e. The lowest BCUT2D eigenvalue weighted by Crippen LogP contribution is -2.26. The highest BCUT2D eigenvalue weighted by atomic mass is 16.5. The summed E-state index contributed by atoms with van der Waals surface area (Å²) >= 11 is 0. The monoisotopic (exact) mass is 234 g/mol. The smallest absolute Gasteiger partial charge is 0.101 e. The Balaban J connectivity index is 2.68. The largest absolute Gasteiger partial charge is 0.382 e. The van der Waals surface area contributed by atoms with E-state index in [1.54, 1.807) is 14.2 Å². The number of aryl methyl sites for hydroxylation is 1. The Morgan fingerprint density at radius 3 is 2.76 bits per heavy atom. The molecule has 0 saturated carbocycles. The van der Waals surface area contributed by atoms with Crippen LogP contribution >= 0.6 is 0 Å². The van der Waals surface area contributed by atoms with Crippen molar-refractivity contribution in [2.75, 3.05) is 32.7 Å². The molecule has 92 valence electrons. The lowest BCUT2D eigenvalue weighted by atomic mass is 10.1. The van der Waals surface area contributed by atoms with Crippen LogP contribution < -0.4 is 5.32 Å². The highest BCUT2D eigenvalue weighted by molar-refractivity contribution is 5.58. The Kier molecular flexibility index (Phi) is 5.47. The van der Waals surface area contributed by atoms with Crippen LogP contribution in [0.25, 0.3) is 0 Å². The number of hydrogen-bond donors (Lipinski definition) is 1. The van der Waals surface area contributed by atoms with Gasteiger partial charge in [-0.15, -0.1) is 0 Å². The minimum Gasteiger partial charge on any atom is -0.382 e. The van der Waals surface area contributed by atoms with Crippen molar-refractivity contribution < 1.29 is 9.47 Å². The van der Waals surface area contributed by atoms with Gasteiger partial charge in [-0.05, 0) is 24.6 Å². The molecule has 17 heavy (non-hydrogen) atoms. The van der Waals surface area contributed by atoms with Gasteiger partial charge in [0.2, 0.25) is 0 Å². The second-order valence-electron chi connectivity index (χ2n) is 3.85. The zero-order valence-electron chi connectivity index (χ0n) is 10.5. The number of ether oxygens (including phenoxy) is 2. The first-order valence-electron chi connectivity index (χ1n) is 5.47. The second kappa shape index (κ2) is 6.89. The molecule has 4 nitrogen and oxygen atoms in total. The van der Waals surface area contributed by atoms with Gasteiger partial charge in [0.05, 0.1) is 24.0 Å². The summed E-state index contributed by atoms with van der Waals surface area (Å²) in [6, 6.07) is 7.86. The van der Waals surface area contributed by atoms with Crippen molar-refractivity contribution in [1.29, 1.82) is 5.26 Å². The number of hydrogen-bond acceptors (Lipinski definition) is 4. The molecule has 4 heteroatoms. The van der Waals surface area contributed by atoms with E-state index in [1.165, 1.54) is 0 Å². The first-order valence-corrected chi connectivity index (χ1v) is 5.47. The Labute approximate surface area is 102 Å². The van der Waals surface area contributed by atoms with Crippen molar-refractivity contribution in [1.82, 2.24) is 0 Å². The third kappa shape index (κ3) is 4.06. The van der Waals surface area contributed by atoms with Crippen molar-refractivity contribution in [2.45, 2.75) is 13.0 Å². The van der Waals surface area contributed by atoms with Crippen LogP contribution in [0.2, 0.25) is 0 Å². The van der Waals surface area contributed by atoms with Crippen molar-refractivity contribution >= 4 is 5.69 Å². The molecule has 0 bridgehead atoms. The predicted octanol–water partition coefficient (Wildman–Crippen LogP) is 1.94. The molecule has 1 N–H and O–H groups in total. The Morgan fingerprint density at radius 2 is 2.18 bits per heavy atom. The van der Waals surface area contributed by atoms with E-state index < -0.39 is 0 Å². The first-order chi connectivity index (χ1) is 8.21. The summed E-state index contributed by atoms with van der Waals surface area (Å²) in [7, 11) is 3.28. The molecule has 0 aliphatic carbocycles. The highest BCUT2D eigenvalue weighted by Crippen LogP contribution is 2.16. The molecule has 0 saturated heterocycles. The van der Waals surface area contributed by atoms with Crippen LogP contribution in [0.3, 0.4) is 0 Å². The van der Waals surface area contributed by atoms with Gasteiger partial charge in [0.25, 0.3) is 0 Å². The zero-order valence-corrected chi connectivity index (χ0v) is 10.5. The van der Waals surface area contributed by atoms with E-state index in [4.69, 9.17) is 14.7 Å². The molecule has 0 amide bonds. The predicted molar refractivity (Wildman–Crippen MR) is 67.1 cm³/mol. The maximum atomic E-state index is 8.99. The maximum absolute atomic E-state index is 8.99. The van der Waals surface area contributed by atoms with Gasteiger partial charge in [-0.1, -0.05) is 6.07 Å². The average molecular weight is 234 g/mol. The van der Waals surface area contributed by atoms with Gasteiger partial charge in [-0.2, -0.15) is 5.26 Å². The van der Waals surface area contributed by atoms with Crippen LogP contribution in [-0.4, -0.2) is 33.5 Å². The van der Waals surface area contributed by atoms with Gasteiger partial charge in [0.15, 0.2) is 0 Å². The lowest BCUT2D eigenvalue weighted by Gasteiger charge is -2.16. The Hall–Kier alpha value is -1.57. The van der Waals surface area contributed by atoms with Crippen LogP contribution in [0.15, 0.2) is 18.2 Å². The molecule has 0 spiro atoms. The normalized spacial score (nSPS) is 11.9. The number of nitrogens with zero attached hydrogens (tertiary/aromatic N) is 1. The Morgan fingerprint density at radius 1 is 1.41 bits per heavy atom. The highest BCUT2D eigenvalue weighted by Gasteiger charge is 2.08. The number of anilines is 1. The van der Waals surface area contributed by atoms with Crippen LogP contribution in [-0.2, 0) is 9.47 Å². The topological polar surface area (TPSA) is 54.3 Å². The molecule has 0 aromatic heterocycles. The van der Waals surface area contributed by atoms with Gasteiger partial charge >= 0.3 is 0 Å². The fraction of sp³-hybridized carbons (Fsp3) is 0.462. The third-order valence-electron chi connectivity index (χ3n) is 2.50. The molecule has 1 atom stereocenters. The van der Waals surface area contributed by atoms with E-state index in [0.29, 0.717) is 18.7 Å². The van der Waals surface area contributed by atoms with Gasteiger partial charge in [-0.25, -0.2) is 0 Å². The summed E-state index contributed by atoms with van der Waals surface area (Å²) < 4.78 is 10.3. The third-order valence-corrected chi connectivity index (χ3v) is 2.50. The zero-order chi connectivity index (χ0) is 12.7. The molecular weight excluding hydrogens is 216 g/mol. The van der Waals surface area contributed by atoms with E-state index in [1.807, 2.05) is 25.1 Å². The number of nitriles is 1. The number of nitrogens with one attached hydrogen (secondary N) is 1. The standard InChI is InChI=1S/C13H18N2O2/c1-10-4-5-11(7-14)13(6-10)15-8-12(17-3)9-16-2/h4-6,12,15H,8-9H2,1-3H3. The van der Waals surface area contributed by atoms with Crippen molar-refractivity contribution in [3.05, 3.63) is 29.3 Å². The summed E-state index contributed by atoms with van der Waals surface area (Å²) in [6.07, 6.45) is -0.0212. The van der Waals surface area contributed by atoms with E-state index in [9.17, 15) is 0 Å². The molecule has 0 aliphatic rings. The SMILES string of the molecule is COCC(CNc1cc(C)ccc1C#N)OC. The second-order valence-corrected chi connectivity index (χ2v) is 3.85. The van der Waals surface area contributed by atoms with Crippen LogP contribution in [0.4, 0.5) is 5.69 Å². The van der Waals surface area contributed by atoms with Crippen molar-refractivity contribution in [3.63, 3.8) is 0 Å². The molecule has 0 radical (unpaired) electrons. The minimum atomic E-state index is -0.0212. The van der Waals surface area contributed by atoms with Gasteiger partial charge in [0, 0.05) is 20.8 Å². The Bertz CT molecular complexity index is 399. The summed E-state index contributed by atoms with van der Waals surface area (Å²) in [4.78, 5) is 0. The summed E-state index contributed by atoms with van der Waals surface area (Å²) in [5.41, 5.74) is 2.60. The van der Waals surface area contributed by atoms with Crippen molar-refractivity contribution in [3.8, 4) is 6.07 Å². The fourth-order valence-electron chi connectivity index (χ4n) is 1.52. The molecule has 1 aromatic rings. The average Bonchev–Trinajstić information content (AvgIpc) is 2.34. The minimum absolute atomic E-state index is 0.0212. The van der Waals surface area contributed by atoms with Gasteiger partial charge < -0.3 is 14.8 Å². The molecule has 0 fully saturated rings. The first kappa shape index (κ1) is 13.5. The molecule has 1 unspecified atom stereocenters. The summed E-state index contributed by atoms with van der Waals surface area (Å²) in [6.45, 7) is 3.13. The number of methoxy groups -OCH3 is 2. The van der Waals surface area contributed by atoms with E-state index in [2.05, 4.69) is 11.4 Å². The summed E-state index contributed by atoms with van der Waals surface area (Å²) in [5.74, 6) is 0. The summed E-state index contributed by atoms with van der Waals surface area (Å²) in [5, 5.41) is 12.2. The van der Waals surface area contributed by atoms with Gasteiger partial charge in [-0.3, -0.25) is 0 Å². The number of rotatable bonds is 6.